The Balaban J connectivity index is 1.61. The van der Waals surface area contributed by atoms with Crippen molar-refractivity contribution >= 4 is 0 Å². The molecule has 118 valence electrons. The molecule has 5 nitrogen and oxygen atoms in total. The van der Waals surface area contributed by atoms with Crippen LogP contribution in [-0.2, 0) is 0 Å². The van der Waals surface area contributed by atoms with Gasteiger partial charge in [0.05, 0.1) is 0 Å². The van der Waals surface area contributed by atoms with Gasteiger partial charge in [-0.1, -0.05) is 17.7 Å². The summed E-state index contributed by atoms with van der Waals surface area (Å²) in [7, 11) is 1.78. The second-order valence-electron chi connectivity index (χ2n) is 5.61. The van der Waals surface area contributed by atoms with E-state index in [2.05, 4.69) is 34.2 Å². The van der Waals surface area contributed by atoms with Gasteiger partial charge in [0, 0.05) is 39.3 Å². The second kappa shape index (κ2) is 8.34. The molecule has 1 aromatic rings. The molecule has 0 radical (unpaired) electrons. The Bertz CT molecular complexity index is 402. The van der Waals surface area contributed by atoms with Crippen molar-refractivity contribution in [2.75, 3.05) is 52.9 Å². The molecule has 2 rings (SSSR count). The molecule has 0 bridgehead atoms. The summed E-state index contributed by atoms with van der Waals surface area (Å²) in [5, 5.41) is 12.4. The van der Waals surface area contributed by atoms with E-state index in [-0.39, 0.29) is 0 Å². The Kier molecular flexibility index (Phi) is 6.45. The van der Waals surface area contributed by atoms with E-state index in [4.69, 9.17) is 4.74 Å². The number of β-amino-alcohol motifs (C(OH)–C–C–N with tert-alkyl or cyclic N) is 1. The molecule has 1 atom stereocenters. The van der Waals surface area contributed by atoms with Gasteiger partial charge in [0.15, 0.2) is 0 Å². The van der Waals surface area contributed by atoms with Crippen molar-refractivity contribution in [2.45, 2.75) is 13.2 Å². The average molecular weight is 293 g/mol. The smallest absolute Gasteiger partial charge is 0.119 e. The van der Waals surface area contributed by atoms with E-state index in [1.807, 2.05) is 12.1 Å². The molecule has 1 heterocycles. The van der Waals surface area contributed by atoms with Crippen molar-refractivity contribution < 1.29 is 9.84 Å². The third kappa shape index (κ3) is 5.63. The molecule has 1 unspecified atom stereocenters. The molecule has 0 saturated carbocycles. The van der Waals surface area contributed by atoms with Gasteiger partial charge in [-0.3, -0.25) is 15.1 Å². The maximum atomic E-state index is 9.58. The van der Waals surface area contributed by atoms with Crippen molar-refractivity contribution in [2.24, 2.45) is 0 Å². The lowest BCUT2D eigenvalue weighted by Crippen LogP contribution is -2.50. The number of nitrogens with zero attached hydrogens (tertiary/aromatic N) is 2. The molecular formula is C16H27N3O2. The largest absolute Gasteiger partial charge is 0.492 e. The standard InChI is InChI=1S/C16H27N3O2/c1-14-3-5-15(6-4-14)21-12-11-18-7-9-19(10-8-18)13-16(20)17-2/h3-6,16-17,20H,7-13H2,1-2H3. The monoisotopic (exact) mass is 293 g/mol. The summed E-state index contributed by atoms with van der Waals surface area (Å²) in [4.78, 5) is 4.70. The van der Waals surface area contributed by atoms with Crippen LogP contribution in [0.1, 0.15) is 5.56 Å². The molecule has 0 aromatic heterocycles. The van der Waals surface area contributed by atoms with Crippen molar-refractivity contribution in [3.05, 3.63) is 29.8 Å². The Hall–Kier alpha value is -1.14. The summed E-state index contributed by atoms with van der Waals surface area (Å²) in [5.41, 5.74) is 1.25. The third-order valence-corrected chi connectivity index (χ3v) is 3.93. The molecular weight excluding hydrogens is 266 g/mol. The first kappa shape index (κ1) is 16.2. The number of likely N-dealkylation sites (N-methyl/N-ethyl adjacent to an activating group) is 1. The van der Waals surface area contributed by atoms with Crippen LogP contribution in [0.4, 0.5) is 0 Å². The second-order valence-corrected chi connectivity index (χ2v) is 5.61. The van der Waals surface area contributed by atoms with Crippen LogP contribution in [0.5, 0.6) is 5.75 Å². The zero-order chi connectivity index (χ0) is 15.1. The molecule has 2 N–H and O–H groups in total. The van der Waals surface area contributed by atoms with Crippen LogP contribution < -0.4 is 10.1 Å². The number of aryl methyl sites for hydroxylation is 1. The van der Waals surface area contributed by atoms with Gasteiger partial charge in [0.2, 0.25) is 0 Å². The van der Waals surface area contributed by atoms with Crippen LogP contribution >= 0.6 is 0 Å². The van der Waals surface area contributed by atoms with Gasteiger partial charge in [-0.2, -0.15) is 0 Å². The molecule has 1 saturated heterocycles. The highest BCUT2D eigenvalue weighted by atomic mass is 16.5. The summed E-state index contributed by atoms with van der Waals surface area (Å²) in [6, 6.07) is 8.18. The summed E-state index contributed by atoms with van der Waals surface area (Å²) in [5.74, 6) is 0.941. The number of aliphatic hydroxyl groups excluding tert-OH is 1. The lowest BCUT2D eigenvalue weighted by atomic mass is 10.2. The number of benzene rings is 1. The highest BCUT2D eigenvalue weighted by Gasteiger charge is 2.18. The lowest BCUT2D eigenvalue weighted by Gasteiger charge is -2.35. The number of aliphatic hydroxyl groups is 1. The maximum absolute atomic E-state index is 9.58. The van der Waals surface area contributed by atoms with E-state index >= 15 is 0 Å². The number of hydrogen-bond donors (Lipinski definition) is 2. The zero-order valence-electron chi connectivity index (χ0n) is 13.1. The summed E-state index contributed by atoms with van der Waals surface area (Å²) in [6.07, 6.45) is -0.429. The minimum absolute atomic E-state index is 0.429. The van der Waals surface area contributed by atoms with E-state index in [9.17, 15) is 5.11 Å². The number of rotatable bonds is 7. The fraction of sp³-hybridized carbons (Fsp3) is 0.625. The highest BCUT2D eigenvalue weighted by Crippen LogP contribution is 2.11. The first-order chi connectivity index (χ1) is 10.2. The van der Waals surface area contributed by atoms with Gasteiger partial charge in [-0.15, -0.1) is 0 Å². The predicted molar refractivity (Wildman–Crippen MR) is 84.6 cm³/mol. The van der Waals surface area contributed by atoms with Crippen LogP contribution in [0.3, 0.4) is 0 Å². The van der Waals surface area contributed by atoms with Gasteiger partial charge >= 0.3 is 0 Å². The predicted octanol–water partition coefficient (Wildman–Crippen LogP) is 0.529. The van der Waals surface area contributed by atoms with Gasteiger partial charge in [-0.25, -0.2) is 0 Å². The van der Waals surface area contributed by atoms with Crippen LogP contribution in [0, 0.1) is 6.92 Å². The Labute approximate surface area is 127 Å². The van der Waals surface area contributed by atoms with E-state index in [1.54, 1.807) is 7.05 Å². The molecule has 0 aliphatic carbocycles. The van der Waals surface area contributed by atoms with Gasteiger partial charge in [-0.05, 0) is 26.1 Å². The van der Waals surface area contributed by atoms with E-state index in [1.165, 1.54) is 5.56 Å². The maximum Gasteiger partial charge on any atom is 0.119 e. The van der Waals surface area contributed by atoms with Crippen molar-refractivity contribution in [3.8, 4) is 5.75 Å². The SMILES string of the molecule is CNC(O)CN1CCN(CCOc2ccc(C)cc2)CC1. The Morgan fingerprint density at radius 2 is 1.76 bits per heavy atom. The fourth-order valence-corrected chi connectivity index (χ4v) is 2.46. The summed E-state index contributed by atoms with van der Waals surface area (Å²) >= 11 is 0. The van der Waals surface area contributed by atoms with Crippen molar-refractivity contribution in [1.82, 2.24) is 15.1 Å². The van der Waals surface area contributed by atoms with Crippen molar-refractivity contribution in [1.29, 1.82) is 0 Å². The minimum Gasteiger partial charge on any atom is -0.492 e. The highest BCUT2D eigenvalue weighted by molar-refractivity contribution is 5.26. The van der Waals surface area contributed by atoms with E-state index < -0.39 is 6.23 Å². The fourth-order valence-electron chi connectivity index (χ4n) is 2.46. The summed E-state index contributed by atoms with van der Waals surface area (Å²) < 4.78 is 5.77. The Morgan fingerprint density at radius 1 is 1.14 bits per heavy atom. The normalized spacial score (nSPS) is 18.6. The summed E-state index contributed by atoms with van der Waals surface area (Å²) in [6.45, 7) is 8.53. The topological polar surface area (TPSA) is 48.0 Å². The first-order valence-electron chi connectivity index (χ1n) is 7.67. The number of ether oxygens (including phenoxy) is 1. The van der Waals surface area contributed by atoms with Gasteiger partial charge < -0.3 is 9.84 Å². The van der Waals surface area contributed by atoms with Crippen LogP contribution in [0.25, 0.3) is 0 Å². The van der Waals surface area contributed by atoms with E-state index in [0.717, 1.165) is 45.1 Å². The third-order valence-electron chi connectivity index (χ3n) is 3.93. The zero-order valence-corrected chi connectivity index (χ0v) is 13.1. The molecule has 21 heavy (non-hydrogen) atoms. The minimum atomic E-state index is -0.429. The molecule has 0 spiro atoms. The number of nitrogens with one attached hydrogen (secondary N) is 1. The molecule has 1 aliphatic rings. The van der Waals surface area contributed by atoms with Crippen LogP contribution in [0.15, 0.2) is 24.3 Å². The lowest BCUT2D eigenvalue weighted by molar-refractivity contribution is 0.0563. The van der Waals surface area contributed by atoms with E-state index in [0.29, 0.717) is 6.54 Å². The van der Waals surface area contributed by atoms with Crippen LogP contribution in [0.2, 0.25) is 0 Å². The first-order valence-corrected chi connectivity index (χ1v) is 7.67. The number of hydrogen-bond acceptors (Lipinski definition) is 5. The number of piperazine rings is 1. The molecule has 5 heteroatoms. The molecule has 1 aromatic carbocycles. The van der Waals surface area contributed by atoms with Gasteiger partial charge in [0.25, 0.3) is 0 Å². The van der Waals surface area contributed by atoms with Crippen LogP contribution in [-0.4, -0.2) is 74.1 Å². The molecule has 1 aliphatic heterocycles. The molecule has 1 fully saturated rings. The average Bonchev–Trinajstić information content (AvgIpc) is 2.51. The Morgan fingerprint density at radius 3 is 2.38 bits per heavy atom. The molecule has 0 amide bonds. The van der Waals surface area contributed by atoms with Crippen molar-refractivity contribution in [3.63, 3.8) is 0 Å². The van der Waals surface area contributed by atoms with Gasteiger partial charge in [0.1, 0.15) is 18.6 Å². The quantitative estimate of drug-likeness (QED) is 0.718.